The third-order valence-electron chi connectivity index (χ3n) is 0.172. The minimum atomic E-state index is -2.06. The average molecular weight is 220 g/mol. The van der Waals surface area contributed by atoms with Gasteiger partial charge in [0, 0.05) is 0 Å². The second kappa shape index (κ2) is 18.5. The van der Waals surface area contributed by atoms with Crippen molar-refractivity contribution < 1.29 is 40.2 Å². The molecular weight excluding hydrogens is 213 g/mol. The Morgan fingerprint density at radius 2 is 1.42 bits per heavy atom. The molecule has 11 heteroatoms. The summed E-state index contributed by atoms with van der Waals surface area (Å²) in [5, 5.41) is 36.3. The Bertz CT molecular complexity index is 89.1. The van der Waals surface area contributed by atoms with Crippen LogP contribution in [0.5, 0.6) is 0 Å². The van der Waals surface area contributed by atoms with Gasteiger partial charge >= 0.3 is 94.4 Å². The van der Waals surface area contributed by atoms with Crippen LogP contribution in [0.3, 0.4) is 0 Å². The van der Waals surface area contributed by atoms with E-state index in [-0.39, 0.29) is 80.9 Å². The van der Waals surface area contributed by atoms with Crippen molar-refractivity contribution in [1.29, 1.82) is 0 Å². The fraction of sp³-hybridized carbons (Fsp3) is 0. The van der Waals surface area contributed by atoms with E-state index in [1.807, 2.05) is 0 Å². The SMILES string of the molecule is O=C(O)OO.OOB(O)O.[KH].[NaH]. The van der Waals surface area contributed by atoms with Gasteiger partial charge in [-0.1, -0.05) is 0 Å². The maximum absolute atomic E-state index is 8.90. The summed E-state index contributed by atoms with van der Waals surface area (Å²) < 4.78 is 0. The van der Waals surface area contributed by atoms with Crippen molar-refractivity contribution in [3.8, 4) is 0 Å². The fourth-order valence-corrected chi connectivity index (χ4v) is 0. The van der Waals surface area contributed by atoms with Gasteiger partial charge in [0.2, 0.25) is 0 Å². The Balaban J connectivity index is -0.0000000457. The second-order valence-electron chi connectivity index (χ2n) is 0.789. The maximum atomic E-state index is 8.90. The van der Waals surface area contributed by atoms with Crippen LogP contribution in [0.2, 0.25) is 0 Å². The molecule has 0 fully saturated rings. The molecule has 0 unspecified atom stereocenters. The first-order valence-corrected chi connectivity index (χ1v) is 1.75. The summed E-state index contributed by atoms with van der Waals surface area (Å²) in [4.78, 5) is 14.4. The van der Waals surface area contributed by atoms with Crippen LogP contribution < -0.4 is 0 Å². The molecule has 0 rings (SSSR count). The van der Waals surface area contributed by atoms with E-state index in [1.165, 1.54) is 0 Å². The van der Waals surface area contributed by atoms with E-state index in [1.54, 1.807) is 0 Å². The Morgan fingerprint density at radius 3 is 1.42 bits per heavy atom. The molecule has 0 amide bonds. The molecule has 0 aliphatic rings. The standard InChI is InChI=1S/CH2O4.BH3O4.K.Na.2H/c2*2-1(3)5-4;;;;/h4H,(H,2,3);2-4H;;;;. The molecule has 0 aliphatic heterocycles. The summed E-state index contributed by atoms with van der Waals surface area (Å²) in [5.74, 6) is 0. The van der Waals surface area contributed by atoms with Crippen molar-refractivity contribution in [2.75, 3.05) is 0 Å². The van der Waals surface area contributed by atoms with Crippen LogP contribution in [-0.2, 0) is 9.69 Å². The van der Waals surface area contributed by atoms with Gasteiger partial charge in [0.1, 0.15) is 0 Å². The van der Waals surface area contributed by atoms with E-state index in [4.69, 9.17) is 30.5 Å². The van der Waals surface area contributed by atoms with Crippen molar-refractivity contribution in [3.63, 3.8) is 0 Å². The zero-order valence-electron chi connectivity index (χ0n) is 4.54. The molecule has 0 aromatic carbocycles. The Morgan fingerprint density at radius 1 is 1.25 bits per heavy atom. The van der Waals surface area contributed by atoms with Gasteiger partial charge in [0.15, 0.2) is 0 Å². The summed E-state index contributed by atoms with van der Waals surface area (Å²) >= 11 is 0. The molecule has 0 radical (unpaired) electrons. The van der Waals surface area contributed by atoms with Gasteiger partial charge in [-0.25, -0.2) is 9.60 Å². The molecule has 0 aliphatic carbocycles. The minimum absolute atomic E-state index is 0. The molecule has 0 spiro atoms. The van der Waals surface area contributed by atoms with Crippen molar-refractivity contribution >= 4 is 94.4 Å². The van der Waals surface area contributed by atoms with E-state index < -0.39 is 13.5 Å². The van der Waals surface area contributed by atoms with Crippen LogP contribution in [0.25, 0.3) is 0 Å². The van der Waals surface area contributed by atoms with Gasteiger partial charge in [-0.05, 0) is 0 Å². The second-order valence-corrected chi connectivity index (χ2v) is 0.789. The van der Waals surface area contributed by atoms with E-state index in [9.17, 15) is 0 Å². The summed E-state index contributed by atoms with van der Waals surface area (Å²) in [6.45, 7) is 0. The quantitative estimate of drug-likeness (QED) is 0.183. The first-order chi connectivity index (χ1) is 4.54. The molecule has 0 aromatic rings. The Hall–Kier alpha value is 1.77. The molecule has 5 N–H and O–H groups in total. The Labute approximate surface area is 132 Å². The van der Waals surface area contributed by atoms with Gasteiger partial charge in [-0.15, -0.1) is 0 Å². The van der Waals surface area contributed by atoms with Gasteiger partial charge in [-0.2, -0.15) is 5.26 Å². The molecular formula is CH7BKNaO8. The molecule has 0 atom stereocenters. The summed E-state index contributed by atoms with van der Waals surface area (Å²) in [6.07, 6.45) is -1.69. The van der Waals surface area contributed by atoms with Gasteiger partial charge in [0.25, 0.3) is 0 Å². The predicted molar refractivity (Wildman–Crippen MR) is 39.9 cm³/mol. The van der Waals surface area contributed by atoms with Crippen molar-refractivity contribution in [1.82, 2.24) is 0 Å². The summed E-state index contributed by atoms with van der Waals surface area (Å²) in [5.41, 5.74) is 0. The van der Waals surface area contributed by atoms with Crippen molar-refractivity contribution in [2.24, 2.45) is 0 Å². The Kier molecular flexibility index (Phi) is 36.3. The topological polar surface area (TPSA) is 137 Å². The average Bonchev–Trinajstić information content (AvgIpc) is 1.89. The van der Waals surface area contributed by atoms with Gasteiger partial charge in [-0.3, -0.25) is 10.1 Å². The first-order valence-electron chi connectivity index (χ1n) is 1.75. The van der Waals surface area contributed by atoms with Crippen LogP contribution in [0.4, 0.5) is 4.79 Å². The summed E-state index contributed by atoms with van der Waals surface area (Å²) in [6, 6.07) is 0. The van der Waals surface area contributed by atoms with Crippen molar-refractivity contribution in [3.05, 3.63) is 0 Å². The number of hydrogen-bond acceptors (Lipinski definition) is 7. The van der Waals surface area contributed by atoms with Crippen LogP contribution in [0.1, 0.15) is 0 Å². The fourth-order valence-electron chi connectivity index (χ4n) is 0. The van der Waals surface area contributed by atoms with E-state index in [0.717, 1.165) is 0 Å². The van der Waals surface area contributed by atoms with Gasteiger partial charge < -0.3 is 15.2 Å². The first kappa shape index (κ1) is 23.5. The van der Waals surface area contributed by atoms with Gasteiger partial charge in [0.05, 0.1) is 0 Å². The molecule has 0 saturated carbocycles. The third kappa shape index (κ3) is 41.0. The van der Waals surface area contributed by atoms with Crippen LogP contribution in [0.15, 0.2) is 0 Å². The number of carbonyl (C=O) groups is 1. The molecule has 0 aromatic heterocycles. The van der Waals surface area contributed by atoms with E-state index >= 15 is 0 Å². The number of rotatable bonds is 1. The molecule has 0 saturated heterocycles. The molecule has 8 nitrogen and oxygen atoms in total. The van der Waals surface area contributed by atoms with Crippen molar-refractivity contribution in [2.45, 2.75) is 0 Å². The zero-order valence-corrected chi connectivity index (χ0v) is 4.54. The summed E-state index contributed by atoms with van der Waals surface area (Å²) in [7, 11) is -2.06. The number of hydrogen-bond donors (Lipinski definition) is 5. The van der Waals surface area contributed by atoms with Crippen LogP contribution >= 0.6 is 0 Å². The zero-order chi connectivity index (χ0) is 8.57. The van der Waals surface area contributed by atoms with E-state index in [2.05, 4.69) is 9.69 Å². The number of carboxylic acid groups (broad SMARTS) is 1. The molecule has 0 heterocycles. The molecule has 12 heavy (non-hydrogen) atoms. The van der Waals surface area contributed by atoms with Crippen LogP contribution in [0, 0.1) is 0 Å². The monoisotopic (exact) mass is 220 g/mol. The predicted octanol–water partition coefficient (Wildman–Crippen LogP) is -2.70. The normalized spacial score (nSPS) is 6.00. The molecule has 64 valence electrons. The van der Waals surface area contributed by atoms with Crippen LogP contribution in [-0.4, -0.2) is 120 Å². The third-order valence-corrected chi connectivity index (χ3v) is 0.172. The molecule has 0 bridgehead atoms. The van der Waals surface area contributed by atoms with E-state index in [0.29, 0.717) is 0 Å².